The lowest BCUT2D eigenvalue weighted by molar-refractivity contribution is 0.373. The first kappa shape index (κ1) is 17.9. The summed E-state index contributed by atoms with van der Waals surface area (Å²) in [5.74, 6) is 1.45. The molecule has 0 radical (unpaired) electrons. The second-order valence-corrected chi connectivity index (χ2v) is 5.94. The molecule has 2 heterocycles. The predicted molar refractivity (Wildman–Crippen MR) is 102 cm³/mol. The third-order valence-electron chi connectivity index (χ3n) is 4.26. The number of hydrogen-bond acceptors (Lipinski definition) is 5. The summed E-state index contributed by atoms with van der Waals surface area (Å²) < 4.78 is 13.1. The van der Waals surface area contributed by atoms with Crippen LogP contribution in [0, 0.1) is 5.82 Å². The van der Waals surface area contributed by atoms with Crippen molar-refractivity contribution in [3.63, 3.8) is 0 Å². The van der Waals surface area contributed by atoms with Crippen LogP contribution in [-0.4, -0.2) is 67.1 Å². The van der Waals surface area contributed by atoms with Crippen LogP contribution in [0.25, 0.3) is 0 Å². The Hall–Kier alpha value is -2.90. The maximum absolute atomic E-state index is 13.1. The number of benzene rings is 1. The van der Waals surface area contributed by atoms with Gasteiger partial charge in [-0.05, 0) is 24.3 Å². The molecule has 0 atom stereocenters. The van der Waals surface area contributed by atoms with Gasteiger partial charge in [-0.3, -0.25) is 9.98 Å². The van der Waals surface area contributed by atoms with Crippen molar-refractivity contribution in [2.24, 2.45) is 4.99 Å². The molecule has 0 spiro atoms. The normalized spacial score (nSPS) is 15.1. The second-order valence-electron chi connectivity index (χ2n) is 5.94. The van der Waals surface area contributed by atoms with E-state index in [2.05, 4.69) is 35.4 Å². The molecule has 26 heavy (non-hydrogen) atoms. The molecule has 1 aromatic carbocycles. The minimum Gasteiger partial charge on any atom is -0.368 e. The van der Waals surface area contributed by atoms with Crippen LogP contribution < -0.4 is 15.5 Å². The highest BCUT2D eigenvalue weighted by molar-refractivity contribution is 5.80. The van der Waals surface area contributed by atoms with Gasteiger partial charge < -0.3 is 20.4 Å². The van der Waals surface area contributed by atoms with Gasteiger partial charge in [-0.2, -0.15) is 0 Å². The van der Waals surface area contributed by atoms with Crippen LogP contribution in [0.5, 0.6) is 0 Å². The standard InChI is InChI=1S/C18H24FN7/c1-20-18(24-9-8-23-17-14-21-6-7-22-17)26-12-10-25(11-13-26)16-4-2-15(19)3-5-16/h2-7,14H,8-13H2,1H3,(H,20,24)(H,22,23). The summed E-state index contributed by atoms with van der Waals surface area (Å²) in [6.45, 7) is 4.96. The summed E-state index contributed by atoms with van der Waals surface area (Å²) in [6.07, 6.45) is 5.01. The fourth-order valence-electron chi connectivity index (χ4n) is 2.92. The smallest absolute Gasteiger partial charge is 0.193 e. The van der Waals surface area contributed by atoms with Crippen molar-refractivity contribution < 1.29 is 4.39 Å². The van der Waals surface area contributed by atoms with Gasteiger partial charge in [0.1, 0.15) is 11.6 Å². The lowest BCUT2D eigenvalue weighted by Gasteiger charge is -2.37. The van der Waals surface area contributed by atoms with Gasteiger partial charge in [0.25, 0.3) is 0 Å². The van der Waals surface area contributed by atoms with Crippen LogP contribution in [0.15, 0.2) is 47.8 Å². The maximum atomic E-state index is 13.1. The number of rotatable bonds is 5. The Balaban J connectivity index is 1.42. The highest BCUT2D eigenvalue weighted by atomic mass is 19.1. The number of halogens is 1. The third-order valence-corrected chi connectivity index (χ3v) is 4.26. The van der Waals surface area contributed by atoms with Gasteiger partial charge >= 0.3 is 0 Å². The van der Waals surface area contributed by atoms with Gasteiger partial charge in [-0.1, -0.05) is 0 Å². The quantitative estimate of drug-likeness (QED) is 0.479. The van der Waals surface area contributed by atoms with Gasteiger partial charge in [-0.25, -0.2) is 9.37 Å². The molecule has 1 saturated heterocycles. The molecule has 0 saturated carbocycles. The summed E-state index contributed by atoms with van der Waals surface area (Å²) in [4.78, 5) is 17.1. The number of hydrogen-bond donors (Lipinski definition) is 2. The lowest BCUT2D eigenvalue weighted by atomic mass is 10.2. The summed E-state index contributed by atoms with van der Waals surface area (Å²) in [7, 11) is 1.80. The minimum absolute atomic E-state index is 0.202. The molecule has 2 aromatic rings. The van der Waals surface area contributed by atoms with Gasteiger partial charge in [0.05, 0.1) is 6.20 Å². The first-order valence-corrected chi connectivity index (χ1v) is 8.72. The van der Waals surface area contributed by atoms with E-state index in [4.69, 9.17) is 0 Å². The summed E-state index contributed by atoms with van der Waals surface area (Å²) in [6, 6.07) is 6.67. The van der Waals surface area contributed by atoms with Gasteiger partial charge in [0.15, 0.2) is 5.96 Å². The van der Waals surface area contributed by atoms with Gasteiger partial charge in [0.2, 0.25) is 0 Å². The molecule has 7 nitrogen and oxygen atoms in total. The molecule has 1 aliphatic heterocycles. The number of nitrogens with zero attached hydrogens (tertiary/aromatic N) is 5. The van der Waals surface area contributed by atoms with Gasteiger partial charge in [-0.15, -0.1) is 0 Å². The average Bonchev–Trinajstić information content (AvgIpc) is 2.70. The van der Waals surface area contributed by atoms with Crippen molar-refractivity contribution >= 4 is 17.5 Å². The van der Waals surface area contributed by atoms with E-state index in [1.807, 2.05) is 12.1 Å². The molecular weight excluding hydrogens is 333 g/mol. The molecule has 0 unspecified atom stereocenters. The van der Waals surface area contributed by atoms with Crippen LogP contribution >= 0.6 is 0 Å². The molecule has 0 aliphatic carbocycles. The monoisotopic (exact) mass is 357 g/mol. The zero-order valence-corrected chi connectivity index (χ0v) is 14.9. The summed E-state index contributed by atoms with van der Waals surface area (Å²) in [5, 5.41) is 6.58. The van der Waals surface area contributed by atoms with Crippen LogP contribution in [0.4, 0.5) is 15.9 Å². The highest BCUT2D eigenvalue weighted by Gasteiger charge is 2.19. The SMILES string of the molecule is CN=C(NCCNc1cnccn1)N1CCN(c2ccc(F)cc2)CC1. The molecule has 1 aromatic heterocycles. The first-order valence-electron chi connectivity index (χ1n) is 8.72. The first-order chi connectivity index (χ1) is 12.8. The van der Waals surface area contributed by atoms with E-state index >= 15 is 0 Å². The average molecular weight is 357 g/mol. The number of aromatic nitrogens is 2. The molecule has 0 bridgehead atoms. The fraction of sp³-hybridized carbons (Fsp3) is 0.389. The van der Waals surface area contributed by atoms with Crippen LogP contribution in [0.1, 0.15) is 0 Å². The van der Waals surface area contributed by atoms with E-state index in [0.717, 1.165) is 56.7 Å². The number of aliphatic imine (C=N–C) groups is 1. The summed E-state index contributed by atoms with van der Waals surface area (Å²) >= 11 is 0. The van der Waals surface area contributed by atoms with Crippen molar-refractivity contribution in [1.29, 1.82) is 0 Å². The molecular formula is C18H24FN7. The van der Waals surface area contributed by atoms with Crippen molar-refractivity contribution in [2.75, 3.05) is 56.5 Å². The zero-order valence-electron chi connectivity index (χ0n) is 14.9. The zero-order chi connectivity index (χ0) is 18.2. The van der Waals surface area contributed by atoms with Crippen molar-refractivity contribution in [3.05, 3.63) is 48.7 Å². The Morgan fingerprint density at radius 2 is 1.88 bits per heavy atom. The van der Waals surface area contributed by atoms with E-state index in [1.165, 1.54) is 12.1 Å². The number of nitrogens with one attached hydrogen (secondary N) is 2. The van der Waals surface area contributed by atoms with Crippen molar-refractivity contribution in [2.45, 2.75) is 0 Å². The Bertz CT molecular complexity index is 697. The largest absolute Gasteiger partial charge is 0.368 e. The third kappa shape index (κ3) is 4.81. The Kier molecular flexibility index (Phi) is 6.19. The number of piperazine rings is 1. The predicted octanol–water partition coefficient (Wildman–Crippen LogP) is 1.43. The topological polar surface area (TPSA) is 68.7 Å². The highest BCUT2D eigenvalue weighted by Crippen LogP contribution is 2.16. The Labute approximate surface area is 153 Å². The number of anilines is 2. The van der Waals surface area contributed by atoms with E-state index in [-0.39, 0.29) is 5.82 Å². The van der Waals surface area contributed by atoms with Crippen molar-refractivity contribution in [3.8, 4) is 0 Å². The molecule has 1 fully saturated rings. The lowest BCUT2D eigenvalue weighted by Crippen LogP contribution is -2.53. The van der Waals surface area contributed by atoms with E-state index in [0.29, 0.717) is 0 Å². The second kappa shape index (κ2) is 8.98. The van der Waals surface area contributed by atoms with Crippen LogP contribution in [-0.2, 0) is 0 Å². The van der Waals surface area contributed by atoms with Gasteiger partial charge in [0, 0.05) is 64.4 Å². The molecule has 2 N–H and O–H groups in total. The minimum atomic E-state index is -0.202. The van der Waals surface area contributed by atoms with E-state index < -0.39 is 0 Å². The Morgan fingerprint density at radius 1 is 1.12 bits per heavy atom. The molecule has 1 aliphatic rings. The molecule has 138 valence electrons. The van der Waals surface area contributed by atoms with E-state index in [9.17, 15) is 4.39 Å². The summed E-state index contributed by atoms with van der Waals surface area (Å²) in [5.41, 5.74) is 1.06. The number of guanidine groups is 1. The maximum Gasteiger partial charge on any atom is 0.193 e. The molecule has 8 heteroatoms. The molecule has 0 amide bonds. The van der Waals surface area contributed by atoms with Crippen molar-refractivity contribution in [1.82, 2.24) is 20.2 Å². The molecule has 3 rings (SSSR count). The Morgan fingerprint density at radius 3 is 2.54 bits per heavy atom. The van der Waals surface area contributed by atoms with Crippen LogP contribution in [0.2, 0.25) is 0 Å². The van der Waals surface area contributed by atoms with Crippen LogP contribution in [0.3, 0.4) is 0 Å². The fourth-order valence-corrected chi connectivity index (χ4v) is 2.92. The van der Waals surface area contributed by atoms with E-state index in [1.54, 1.807) is 25.6 Å².